The Balaban J connectivity index is 0.855. The number of nitrogens with zero attached hydrogens (tertiary/aromatic N) is 2. The van der Waals surface area contributed by atoms with Crippen LogP contribution in [0.25, 0.3) is 12.2 Å². The molecule has 0 amide bonds. The summed E-state index contributed by atoms with van der Waals surface area (Å²) in [6.45, 7) is 6.03. The van der Waals surface area contributed by atoms with Crippen molar-refractivity contribution in [3.8, 4) is 23.0 Å². The van der Waals surface area contributed by atoms with Gasteiger partial charge in [0.1, 0.15) is 23.9 Å². The van der Waals surface area contributed by atoms with Gasteiger partial charge in [0.25, 0.3) is 0 Å². The lowest BCUT2D eigenvalue weighted by Gasteiger charge is -2.29. The minimum absolute atomic E-state index is 0.264. The Kier molecular flexibility index (Phi) is 15.1. The smallest absolute Gasteiger partial charge is 0.336 e. The number of rotatable bonds is 20. The van der Waals surface area contributed by atoms with Crippen LogP contribution < -0.4 is 19.1 Å². The summed E-state index contributed by atoms with van der Waals surface area (Å²) >= 11 is 0. The largest absolute Gasteiger partial charge is 0.494 e. The summed E-state index contributed by atoms with van der Waals surface area (Å²) in [5.41, 5.74) is 9.84. The number of aliphatic imine (C=N–C) groups is 2. The maximum atomic E-state index is 13.4. The molecule has 0 N–H and O–H groups in total. The van der Waals surface area contributed by atoms with Gasteiger partial charge in [-0.2, -0.15) is 4.89 Å². The molecular weight excluding hydrogens is 809 g/mol. The summed E-state index contributed by atoms with van der Waals surface area (Å²) in [6, 6.07) is 43.9. The molecule has 0 saturated carbocycles. The second-order valence-electron chi connectivity index (χ2n) is 16.4. The van der Waals surface area contributed by atoms with E-state index in [9.17, 15) is 4.79 Å². The van der Waals surface area contributed by atoms with Gasteiger partial charge in [-0.15, -0.1) is 0 Å². The highest BCUT2D eigenvalue weighted by Crippen LogP contribution is 2.57. The van der Waals surface area contributed by atoms with Crippen molar-refractivity contribution in [1.29, 1.82) is 0 Å². The molecule has 0 heterocycles. The van der Waals surface area contributed by atoms with Crippen molar-refractivity contribution in [3.63, 3.8) is 0 Å². The van der Waals surface area contributed by atoms with E-state index < -0.39 is 5.97 Å². The van der Waals surface area contributed by atoms with Crippen molar-refractivity contribution in [3.05, 3.63) is 190 Å². The molecule has 2 aliphatic carbocycles. The molecule has 0 saturated heterocycles. The summed E-state index contributed by atoms with van der Waals surface area (Å²) in [5.74, 6) is 2.60. The molecule has 0 radical (unpaired) electrons. The van der Waals surface area contributed by atoms with E-state index in [-0.39, 0.29) is 12.0 Å². The Labute approximate surface area is 382 Å². The van der Waals surface area contributed by atoms with Crippen LogP contribution in [-0.2, 0) is 27.9 Å². The molecular formula is C57H56N2O6. The normalized spacial score (nSPS) is 15.4. The third-order valence-corrected chi connectivity index (χ3v) is 11.9. The minimum atomic E-state index is -0.431. The first-order chi connectivity index (χ1) is 32.0. The number of aryl methyl sites for hydroxylation is 2. The summed E-state index contributed by atoms with van der Waals surface area (Å²) in [5, 5.41) is 0. The number of unbranched alkanes of at least 4 members (excludes halogenated alkanes) is 2. The van der Waals surface area contributed by atoms with Gasteiger partial charge >= 0.3 is 5.97 Å². The Morgan fingerprint density at radius 3 is 1.62 bits per heavy atom. The number of esters is 1. The highest BCUT2D eigenvalue weighted by molar-refractivity contribution is 5.89. The summed E-state index contributed by atoms with van der Waals surface area (Å²) in [7, 11) is 0. The molecule has 2 aliphatic rings. The molecule has 0 aliphatic heterocycles. The van der Waals surface area contributed by atoms with Gasteiger partial charge < -0.3 is 19.1 Å². The summed E-state index contributed by atoms with van der Waals surface area (Å²) < 4.78 is 17.6. The Bertz CT molecular complexity index is 2630. The number of carbonyl (C=O) groups is 1. The molecule has 0 bridgehead atoms. The van der Waals surface area contributed by atoms with Gasteiger partial charge in [0, 0.05) is 35.0 Å². The Hall–Kier alpha value is -7.03. The van der Waals surface area contributed by atoms with Gasteiger partial charge in [-0.3, -0.25) is 9.98 Å². The van der Waals surface area contributed by atoms with E-state index in [0.29, 0.717) is 11.5 Å². The van der Waals surface area contributed by atoms with Gasteiger partial charge in [-0.1, -0.05) is 87.4 Å². The van der Waals surface area contributed by atoms with Crippen LogP contribution >= 0.6 is 0 Å². The van der Waals surface area contributed by atoms with Gasteiger partial charge in [-0.05, 0) is 163 Å². The predicted octanol–water partition coefficient (Wildman–Crippen LogP) is 13.4. The molecule has 1 spiro atoms. The molecule has 330 valence electrons. The van der Waals surface area contributed by atoms with Gasteiger partial charge in [0.2, 0.25) is 0 Å². The average Bonchev–Trinajstić information content (AvgIpc) is 3.92. The monoisotopic (exact) mass is 864 g/mol. The molecule has 8 rings (SSSR count). The van der Waals surface area contributed by atoms with E-state index in [0.717, 1.165) is 121 Å². The number of benzene rings is 6. The highest BCUT2D eigenvalue weighted by Gasteiger charge is 2.49. The number of hydrogen-bond donors (Lipinski definition) is 0. The van der Waals surface area contributed by atoms with Gasteiger partial charge in [0.05, 0.1) is 24.6 Å². The van der Waals surface area contributed by atoms with Crippen LogP contribution in [0.2, 0.25) is 0 Å². The fraction of sp³-hybridized carbons (Fsp3) is 0.246. The molecule has 8 nitrogen and oxygen atoms in total. The lowest BCUT2D eigenvalue weighted by molar-refractivity contribution is -0.196. The standard InChI is InChI=1S/C57H56N2O6/c1-3-5-37-61-50-28-19-44(20-29-50)40-58-48-24-15-42(16-25-48)10-9-39-63-65-53-14-8-12-47-34-36-57(56(47)53)35-33-46-11-7-13-52(55(46)57)64-54(60)32-23-43-17-26-49(27-18-43)59-41-45-21-30-51(31-22-45)62-38-6-4-2/h7-32,40-41H,3-6,33-39H2,1-2H3/b10-9+,32-23+,58-40?,59-41?. The number of carbonyl (C=O) groups excluding carboxylic acids is 1. The molecule has 0 fully saturated rings. The highest BCUT2D eigenvalue weighted by atomic mass is 17.2. The SMILES string of the molecule is CCCCOc1ccc(C=Nc2ccc(/C=C/COOc3cccc4c3C3(CC4)CCc4cccc(OC(=O)/C=C/c5ccc(N=Cc6ccc(OCCCC)cc6)cc5)c43)cc2)cc1. The first-order valence-electron chi connectivity index (χ1n) is 22.8. The lowest BCUT2D eigenvalue weighted by atomic mass is 9.76. The van der Waals surface area contributed by atoms with Crippen molar-refractivity contribution in [2.45, 2.75) is 70.6 Å². The average molecular weight is 865 g/mol. The maximum absolute atomic E-state index is 13.4. The minimum Gasteiger partial charge on any atom is -0.494 e. The first-order valence-corrected chi connectivity index (χ1v) is 22.8. The molecule has 6 aromatic rings. The molecule has 65 heavy (non-hydrogen) atoms. The number of hydrogen-bond acceptors (Lipinski definition) is 8. The maximum Gasteiger partial charge on any atom is 0.336 e. The lowest BCUT2D eigenvalue weighted by Crippen LogP contribution is -2.24. The topological polar surface area (TPSA) is 87.9 Å². The van der Waals surface area contributed by atoms with E-state index in [1.165, 1.54) is 17.2 Å². The third kappa shape index (κ3) is 11.6. The van der Waals surface area contributed by atoms with Crippen molar-refractivity contribution in [2.24, 2.45) is 9.98 Å². The molecule has 1 unspecified atom stereocenters. The number of ether oxygens (including phenoxy) is 3. The van der Waals surface area contributed by atoms with E-state index in [1.54, 1.807) is 6.08 Å². The fourth-order valence-electron chi connectivity index (χ4n) is 8.49. The van der Waals surface area contributed by atoms with Crippen molar-refractivity contribution >= 4 is 41.9 Å². The van der Waals surface area contributed by atoms with Crippen LogP contribution in [0, 0.1) is 0 Å². The van der Waals surface area contributed by atoms with E-state index in [2.05, 4.69) is 36.0 Å². The Morgan fingerprint density at radius 2 is 1.08 bits per heavy atom. The van der Waals surface area contributed by atoms with Crippen LogP contribution in [0.15, 0.2) is 156 Å². The fourth-order valence-corrected chi connectivity index (χ4v) is 8.49. The zero-order valence-electron chi connectivity index (χ0n) is 37.3. The van der Waals surface area contributed by atoms with Crippen molar-refractivity contribution < 1.29 is 28.8 Å². The van der Waals surface area contributed by atoms with Gasteiger partial charge in [-0.25, -0.2) is 4.79 Å². The van der Waals surface area contributed by atoms with E-state index in [1.807, 2.05) is 146 Å². The van der Waals surface area contributed by atoms with Crippen LogP contribution in [0.1, 0.15) is 96.9 Å². The van der Waals surface area contributed by atoms with E-state index >= 15 is 0 Å². The molecule has 0 aromatic heterocycles. The molecule has 8 heteroatoms. The van der Waals surface area contributed by atoms with Crippen LogP contribution in [0.5, 0.6) is 23.0 Å². The van der Waals surface area contributed by atoms with Gasteiger partial charge in [0.15, 0.2) is 5.75 Å². The van der Waals surface area contributed by atoms with Crippen molar-refractivity contribution in [1.82, 2.24) is 0 Å². The summed E-state index contributed by atoms with van der Waals surface area (Å²) in [4.78, 5) is 34.5. The molecule has 1 atom stereocenters. The zero-order chi connectivity index (χ0) is 44.7. The van der Waals surface area contributed by atoms with E-state index in [4.69, 9.17) is 24.0 Å². The first kappa shape index (κ1) is 44.6. The zero-order valence-corrected chi connectivity index (χ0v) is 37.3. The van der Waals surface area contributed by atoms with Crippen LogP contribution in [0.3, 0.4) is 0 Å². The second kappa shape index (κ2) is 22.0. The quantitative estimate of drug-likeness (QED) is 0.0144. The number of fused-ring (bicyclic) bond motifs is 4. The van der Waals surface area contributed by atoms with Crippen molar-refractivity contribution in [2.75, 3.05) is 19.8 Å². The van der Waals surface area contributed by atoms with Crippen LogP contribution in [-0.4, -0.2) is 38.2 Å². The predicted molar refractivity (Wildman–Crippen MR) is 262 cm³/mol. The molecule has 6 aromatic carbocycles. The second-order valence-corrected chi connectivity index (χ2v) is 16.4. The third-order valence-electron chi connectivity index (χ3n) is 11.9. The summed E-state index contributed by atoms with van der Waals surface area (Å²) in [6.07, 6.45) is 18.8. The van der Waals surface area contributed by atoms with Crippen LogP contribution in [0.4, 0.5) is 11.4 Å². The Morgan fingerprint density at radius 1 is 0.585 bits per heavy atom.